The largest absolute Gasteiger partial charge is 0.346 e. The summed E-state index contributed by atoms with van der Waals surface area (Å²) in [5, 5.41) is 2.77. The van der Waals surface area contributed by atoms with Crippen LogP contribution in [0.2, 0.25) is 0 Å². The maximum absolute atomic E-state index is 12.7. The molecule has 0 saturated carbocycles. The first-order valence-electron chi connectivity index (χ1n) is 8.86. The Labute approximate surface area is 161 Å². The molecular weight excluding hydrogens is 354 g/mol. The van der Waals surface area contributed by atoms with E-state index in [4.69, 9.17) is 0 Å². The van der Waals surface area contributed by atoms with Gasteiger partial charge in [0.05, 0.1) is 29.9 Å². The number of pyridine rings is 1. The van der Waals surface area contributed by atoms with E-state index in [9.17, 15) is 14.4 Å². The molecule has 2 aromatic carbocycles. The fraction of sp³-hybridized carbons (Fsp3) is 0.0909. The predicted molar refractivity (Wildman–Crippen MR) is 102 cm³/mol. The molecule has 1 aromatic heterocycles. The SMILES string of the molecule is O=C(NCc1ccccn1)c1ccc2c(c1)C(=O)N(Cc1ccccc1)C2=O. The number of fused-ring (bicyclic) bond motifs is 1. The Morgan fingerprint density at radius 1 is 0.893 bits per heavy atom. The molecule has 0 saturated heterocycles. The van der Waals surface area contributed by atoms with E-state index in [2.05, 4.69) is 10.3 Å². The zero-order chi connectivity index (χ0) is 19.5. The van der Waals surface area contributed by atoms with Crippen LogP contribution >= 0.6 is 0 Å². The Kier molecular flexibility index (Phi) is 4.68. The van der Waals surface area contributed by atoms with Crippen LogP contribution < -0.4 is 5.32 Å². The van der Waals surface area contributed by atoms with Gasteiger partial charge in [-0.15, -0.1) is 0 Å². The predicted octanol–water partition coefficient (Wildman–Crippen LogP) is 2.81. The van der Waals surface area contributed by atoms with Gasteiger partial charge in [0.15, 0.2) is 0 Å². The van der Waals surface area contributed by atoms with Crippen LogP contribution in [-0.4, -0.2) is 27.6 Å². The lowest BCUT2D eigenvalue weighted by Crippen LogP contribution is -2.29. The molecule has 1 N–H and O–H groups in total. The Morgan fingerprint density at radius 3 is 2.39 bits per heavy atom. The summed E-state index contributed by atoms with van der Waals surface area (Å²) in [6.07, 6.45) is 1.66. The molecular formula is C22H17N3O3. The van der Waals surface area contributed by atoms with Gasteiger partial charge >= 0.3 is 0 Å². The average Bonchev–Trinajstić information content (AvgIpc) is 2.98. The van der Waals surface area contributed by atoms with Crippen molar-refractivity contribution in [2.24, 2.45) is 0 Å². The molecule has 28 heavy (non-hydrogen) atoms. The summed E-state index contributed by atoms with van der Waals surface area (Å²) in [4.78, 5) is 43.1. The molecule has 3 aromatic rings. The number of amides is 3. The summed E-state index contributed by atoms with van der Waals surface area (Å²) in [6, 6.07) is 19.4. The van der Waals surface area contributed by atoms with E-state index in [0.29, 0.717) is 11.1 Å². The maximum Gasteiger partial charge on any atom is 0.261 e. The minimum Gasteiger partial charge on any atom is -0.346 e. The number of aromatic nitrogens is 1. The van der Waals surface area contributed by atoms with Crippen LogP contribution in [0.3, 0.4) is 0 Å². The topological polar surface area (TPSA) is 79.4 Å². The highest BCUT2D eigenvalue weighted by Crippen LogP contribution is 2.25. The van der Waals surface area contributed by atoms with Crippen LogP contribution in [-0.2, 0) is 13.1 Å². The van der Waals surface area contributed by atoms with Crippen LogP contribution in [0.15, 0.2) is 72.9 Å². The van der Waals surface area contributed by atoms with Crippen molar-refractivity contribution in [3.05, 3.63) is 101 Å². The van der Waals surface area contributed by atoms with Crippen molar-refractivity contribution >= 4 is 17.7 Å². The Balaban J connectivity index is 1.51. The molecule has 6 heteroatoms. The monoisotopic (exact) mass is 371 g/mol. The van der Waals surface area contributed by atoms with E-state index >= 15 is 0 Å². The van der Waals surface area contributed by atoms with Gasteiger partial charge < -0.3 is 5.32 Å². The number of rotatable bonds is 5. The van der Waals surface area contributed by atoms with Gasteiger partial charge in [-0.25, -0.2) is 0 Å². The van der Waals surface area contributed by atoms with E-state index in [0.717, 1.165) is 11.3 Å². The molecule has 6 nitrogen and oxygen atoms in total. The molecule has 4 rings (SSSR count). The molecule has 1 aliphatic heterocycles. The molecule has 0 bridgehead atoms. The van der Waals surface area contributed by atoms with Crippen molar-refractivity contribution < 1.29 is 14.4 Å². The summed E-state index contributed by atoms with van der Waals surface area (Å²) in [5.74, 6) is -1.05. The van der Waals surface area contributed by atoms with Crippen LogP contribution in [0.4, 0.5) is 0 Å². The second-order valence-electron chi connectivity index (χ2n) is 6.45. The van der Waals surface area contributed by atoms with E-state index in [-0.39, 0.29) is 36.4 Å². The van der Waals surface area contributed by atoms with Gasteiger partial charge in [0.1, 0.15) is 0 Å². The van der Waals surface area contributed by atoms with Gasteiger partial charge in [-0.05, 0) is 35.9 Å². The molecule has 0 spiro atoms. The fourth-order valence-corrected chi connectivity index (χ4v) is 3.12. The summed E-state index contributed by atoms with van der Waals surface area (Å²) >= 11 is 0. The lowest BCUT2D eigenvalue weighted by Gasteiger charge is -2.13. The molecule has 0 radical (unpaired) electrons. The van der Waals surface area contributed by atoms with Crippen LogP contribution in [0.1, 0.15) is 42.3 Å². The molecule has 0 atom stereocenters. The third kappa shape index (κ3) is 3.40. The van der Waals surface area contributed by atoms with Gasteiger partial charge in [0.25, 0.3) is 17.7 Å². The number of hydrogen-bond donors (Lipinski definition) is 1. The quantitative estimate of drug-likeness (QED) is 0.700. The molecule has 1 aliphatic rings. The van der Waals surface area contributed by atoms with Crippen molar-refractivity contribution in [3.63, 3.8) is 0 Å². The highest BCUT2D eigenvalue weighted by atomic mass is 16.2. The summed E-state index contributed by atoms with van der Waals surface area (Å²) in [7, 11) is 0. The second-order valence-corrected chi connectivity index (χ2v) is 6.45. The fourth-order valence-electron chi connectivity index (χ4n) is 3.12. The summed E-state index contributed by atoms with van der Waals surface area (Å²) in [6.45, 7) is 0.484. The number of carbonyl (C=O) groups excluding carboxylic acids is 3. The van der Waals surface area contributed by atoms with E-state index in [1.807, 2.05) is 42.5 Å². The minimum atomic E-state index is -0.386. The highest BCUT2D eigenvalue weighted by Gasteiger charge is 2.35. The average molecular weight is 371 g/mol. The van der Waals surface area contributed by atoms with E-state index in [1.54, 1.807) is 18.3 Å². The number of carbonyl (C=O) groups is 3. The summed E-state index contributed by atoms with van der Waals surface area (Å²) in [5.41, 5.74) is 2.51. The minimum absolute atomic E-state index is 0.203. The lowest BCUT2D eigenvalue weighted by atomic mass is 10.1. The van der Waals surface area contributed by atoms with Crippen molar-refractivity contribution in [3.8, 4) is 0 Å². The Morgan fingerprint density at radius 2 is 1.64 bits per heavy atom. The number of hydrogen-bond acceptors (Lipinski definition) is 4. The van der Waals surface area contributed by atoms with Crippen molar-refractivity contribution in [2.75, 3.05) is 0 Å². The van der Waals surface area contributed by atoms with Crippen LogP contribution in [0.25, 0.3) is 0 Å². The zero-order valence-corrected chi connectivity index (χ0v) is 15.0. The molecule has 0 fully saturated rings. The standard InChI is InChI=1S/C22H17N3O3/c26-20(24-13-17-8-4-5-11-23-17)16-9-10-18-19(12-16)22(28)25(21(18)27)14-15-6-2-1-3-7-15/h1-12H,13-14H2,(H,24,26). The van der Waals surface area contributed by atoms with Crippen molar-refractivity contribution in [1.82, 2.24) is 15.2 Å². The lowest BCUT2D eigenvalue weighted by molar-refractivity contribution is 0.0642. The van der Waals surface area contributed by atoms with E-state index < -0.39 is 0 Å². The molecule has 0 aliphatic carbocycles. The van der Waals surface area contributed by atoms with E-state index in [1.165, 1.54) is 17.0 Å². The number of nitrogens with zero attached hydrogens (tertiary/aromatic N) is 2. The number of imide groups is 1. The van der Waals surface area contributed by atoms with Gasteiger partial charge in [-0.2, -0.15) is 0 Å². The van der Waals surface area contributed by atoms with Gasteiger partial charge in [0, 0.05) is 11.8 Å². The first-order chi connectivity index (χ1) is 13.6. The number of nitrogens with one attached hydrogen (secondary N) is 1. The van der Waals surface area contributed by atoms with Crippen LogP contribution in [0.5, 0.6) is 0 Å². The third-order valence-corrected chi connectivity index (χ3v) is 4.57. The Bertz CT molecular complexity index is 1050. The van der Waals surface area contributed by atoms with Gasteiger partial charge in [-0.1, -0.05) is 36.4 Å². The molecule has 138 valence electrons. The third-order valence-electron chi connectivity index (χ3n) is 4.57. The van der Waals surface area contributed by atoms with Gasteiger partial charge in [-0.3, -0.25) is 24.3 Å². The van der Waals surface area contributed by atoms with Crippen molar-refractivity contribution in [1.29, 1.82) is 0 Å². The maximum atomic E-state index is 12.7. The smallest absolute Gasteiger partial charge is 0.261 e. The summed E-state index contributed by atoms with van der Waals surface area (Å²) < 4.78 is 0. The first-order valence-corrected chi connectivity index (χ1v) is 8.86. The molecule has 0 unspecified atom stereocenters. The molecule has 3 amide bonds. The van der Waals surface area contributed by atoms with Crippen LogP contribution in [0, 0.1) is 0 Å². The highest BCUT2D eigenvalue weighted by molar-refractivity contribution is 6.22. The van der Waals surface area contributed by atoms with Gasteiger partial charge in [0.2, 0.25) is 0 Å². The molecule has 2 heterocycles. The first kappa shape index (κ1) is 17.6. The normalized spacial score (nSPS) is 12.8. The van der Waals surface area contributed by atoms with Crippen molar-refractivity contribution in [2.45, 2.75) is 13.1 Å². The zero-order valence-electron chi connectivity index (χ0n) is 15.0. The number of benzene rings is 2. The Hall–Kier alpha value is -3.80. The second kappa shape index (κ2) is 7.44.